The predicted molar refractivity (Wildman–Crippen MR) is 65.6 cm³/mol. The summed E-state index contributed by atoms with van der Waals surface area (Å²) in [6, 6.07) is 6.04. The fraction of sp³-hybridized carbons (Fsp3) is 0.429. The van der Waals surface area contributed by atoms with E-state index in [0.717, 1.165) is 5.56 Å². The summed E-state index contributed by atoms with van der Waals surface area (Å²) in [7, 11) is 0. The second kappa shape index (κ2) is 7.58. The highest BCUT2D eigenvalue weighted by molar-refractivity contribution is 5.75. The average Bonchev–Trinajstić information content (AvgIpc) is 2.34. The number of halogens is 1. The van der Waals surface area contributed by atoms with Crippen molar-refractivity contribution in [3.8, 4) is 0 Å². The Bertz CT molecular complexity index is 398. The zero-order valence-electron chi connectivity index (χ0n) is 10.4. The molecule has 18 heavy (non-hydrogen) atoms. The summed E-state index contributed by atoms with van der Waals surface area (Å²) in [4.78, 5) is 22.0. The largest absolute Gasteiger partial charge is 0.466 e. The molecule has 0 heterocycles. The molecule has 1 aromatic carbocycles. The molecule has 0 bridgehead atoms. The molecule has 4 heteroatoms. The van der Waals surface area contributed by atoms with Crippen LogP contribution in [0.15, 0.2) is 24.3 Å². The smallest absolute Gasteiger partial charge is 0.306 e. The molecule has 0 fully saturated rings. The molecule has 0 aliphatic carbocycles. The van der Waals surface area contributed by atoms with Gasteiger partial charge in [0.1, 0.15) is 11.6 Å². The molecular weight excluding hydrogens is 235 g/mol. The molecule has 0 N–H and O–H groups in total. The Kier molecular flexibility index (Phi) is 6.05. The van der Waals surface area contributed by atoms with Crippen LogP contribution in [0.25, 0.3) is 0 Å². The Morgan fingerprint density at radius 1 is 1.17 bits per heavy atom. The molecule has 3 nitrogen and oxygen atoms in total. The summed E-state index contributed by atoms with van der Waals surface area (Å²) in [6.07, 6.45) is 1.81. The number of ether oxygens (including phenoxy) is 1. The third-order valence-corrected chi connectivity index (χ3v) is 2.47. The second-order valence-electron chi connectivity index (χ2n) is 4.15. The molecule has 98 valence electrons. The minimum absolute atomic E-state index is 0.0948. The molecule has 0 unspecified atom stereocenters. The number of carbonyl (C=O) groups excluding carboxylic acids is 2. The normalized spacial score (nSPS) is 10.1. The molecule has 0 radical (unpaired) electrons. The van der Waals surface area contributed by atoms with Gasteiger partial charge in [0.15, 0.2) is 0 Å². The maximum atomic E-state index is 12.6. The van der Waals surface area contributed by atoms with E-state index < -0.39 is 0 Å². The van der Waals surface area contributed by atoms with Crippen molar-refractivity contribution in [2.45, 2.75) is 32.6 Å². The molecule has 0 saturated carbocycles. The predicted octanol–water partition coefficient (Wildman–Crippen LogP) is 2.67. The van der Waals surface area contributed by atoms with E-state index in [9.17, 15) is 14.0 Å². The van der Waals surface area contributed by atoms with E-state index in [2.05, 4.69) is 0 Å². The molecule has 0 spiro atoms. The fourth-order valence-corrected chi connectivity index (χ4v) is 1.48. The van der Waals surface area contributed by atoms with Crippen molar-refractivity contribution in [1.82, 2.24) is 0 Å². The highest BCUT2D eigenvalue weighted by Gasteiger charge is 2.04. The van der Waals surface area contributed by atoms with Crippen LogP contribution >= 0.6 is 0 Å². The molecule has 0 saturated heterocycles. The van der Waals surface area contributed by atoms with Crippen LogP contribution in [0, 0.1) is 5.82 Å². The third-order valence-electron chi connectivity index (χ3n) is 2.47. The van der Waals surface area contributed by atoms with E-state index in [1.54, 1.807) is 12.1 Å². The van der Waals surface area contributed by atoms with Gasteiger partial charge in [-0.3, -0.25) is 4.79 Å². The highest BCUT2D eigenvalue weighted by atomic mass is 19.1. The molecule has 0 aliphatic rings. The van der Waals surface area contributed by atoms with Crippen LogP contribution in [0.3, 0.4) is 0 Å². The Hall–Kier alpha value is -1.71. The topological polar surface area (TPSA) is 43.4 Å². The van der Waals surface area contributed by atoms with Crippen molar-refractivity contribution in [2.24, 2.45) is 0 Å². The fourth-order valence-electron chi connectivity index (χ4n) is 1.48. The average molecular weight is 252 g/mol. The van der Waals surface area contributed by atoms with Crippen molar-refractivity contribution < 1.29 is 18.7 Å². The standard InChI is InChI=1S/C14H17FO3/c1-11(16)3-2-10-18-14(17)9-6-12-4-7-13(15)8-5-12/h4-5,7-8H,2-3,6,9-10H2,1H3. The minimum Gasteiger partial charge on any atom is -0.466 e. The van der Waals surface area contributed by atoms with Crippen LogP contribution in [0.5, 0.6) is 0 Å². The summed E-state index contributed by atoms with van der Waals surface area (Å²) in [6.45, 7) is 1.79. The van der Waals surface area contributed by atoms with E-state index >= 15 is 0 Å². The highest BCUT2D eigenvalue weighted by Crippen LogP contribution is 2.06. The van der Waals surface area contributed by atoms with Gasteiger partial charge < -0.3 is 9.53 Å². The number of ketones is 1. The van der Waals surface area contributed by atoms with E-state index in [0.29, 0.717) is 19.3 Å². The Labute approximate surface area is 106 Å². The van der Waals surface area contributed by atoms with Crippen LogP contribution in [-0.2, 0) is 20.7 Å². The van der Waals surface area contributed by atoms with E-state index in [-0.39, 0.29) is 30.6 Å². The number of hydrogen-bond donors (Lipinski definition) is 0. The van der Waals surface area contributed by atoms with Gasteiger partial charge >= 0.3 is 5.97 Å². The monoisotopic (exact) mass is 252 g/mol. The summed E-state index contributed by atoms with van der Waals surface area (Å²) in [5, 5.41) is 0. The SMILES string of the molecule is CC(=O)CCCOC(=O)CCc1ccc(F)cc1. The maximum Gasteiger partial charge on any atom is 0.306 e. The number of rotatable bonds is 7. The van der Waals surface area contributed by atoms with Gasteiger partial charge in [-0.15, -0.1) is 0 Å². The van der Waals surface area contributed by atoms with Crippen LogP contribution in [0.1, 0.15) is 31.7 Å². The first-order chi connectivity index (χ1) is 8.58. The summed E-state index contributed by atoms with van der Waals surface area (Å²) >= 11 is 0. The lowest BCUT2D eigenvalue weighted by Gasteiger charge is -2.04. The van der Waals surface area contributed by atoms with Crippen LogP contribution in [0.2, 0.25) is 0 Å². The summed E-state index contributed by atoms with van der Waals surface area (Å²) in [5.74, 6) is -0.481. The first-order valence-corrected chi connectivity index (χ1v) is 5.97. The van der Waals surface area contributed by atoms with Crippen molar-refractivity contribution in [2.75, 3.05) is 6.61 Å². The first kappa shape index (κ1) is 14.4. The lowest BCUT2D eigenvalue weighted by molar-refractivity contribution is -0.144. The van der Waals surface area contributed by atoms with Gasteiger partial charge in [0, 0.05) is 12.8 Å². The van der Waals surface area contributed by atoms with Gasteiger partial charge in [-0.1, -0.05) is 12.1 Å². The molecule has 1 aromatic rings. The number of hydrogen-bond acceptors (Lipinski definition) is 3. The van der Waals surface area contributed by atoms with Crippen molar-refractivity contribution in [3.63, 3.8) is 0 Å². The van der Waals surface area contributed by atoms with Gasteiger partial charge in [0.25, 0.3) is 0 Å². The molecule has 1 rings (SSSR count). The van der Waals surface area contributed by atoms with E-state index in [1.807, 2.05) is 0 Å². The number of carbonyl (C=O) groups is 2. The zero-order chi connectivity index (χ0) is 13.4. The number of benzene rings is 1. The minimum atomic E-state index is -0.289. The van der Waals surface area contributed by atoms with Crippen LogP contribution < -0.4 is 0 Å². The molecule has 0 amide bonds. The quantitative estimate of drug-likeness (QED) is 0.553. The van der Waals surface area contributed by atoms with Crippen molar-refractivity contribution in [1.29, 1.82) is 0 Å². The zero-order valence-corrected chi connectivity index (χ0v) is 10.4. The van der Waals surface area contributed by atoms with Crippen LogP contribution in [-0.4, -0.2) is 18.4 Å². The summed E-state index contributed by atoms with van der Waals surface area (Å²) in [5.41, 5.74) is 0.900. The summed E-state index contributed by atoms with van der Waals surface area (Å²) < 4.78 is 17.6. The number of esters is 1. The third kappa shape index (κ3) is 6.13. The molecule has 0 aliphatic heterocycles. The van der Waals surface area contributed by atoms with Crippen molar-refractivity contribution >= 4 is 11.8 Å². The van der Waals surface area contributed by atoms with Gasteiger partial charge in [0.05, 0.1) is 6.61 Å². The number of Topliss-reactive ketones (excluding diaryl/α,β-unsaturated/α-hetero) is 1. The van der Waals surface area contributed by atoms with E-state index in [4.69, 9.17) is 4.74 Å². The van der Waals surface area contributed by atoms with Gasteiger partial charge in [0.2, 0.25) is 0 Å². The van der Waals surface area contributed by atoms with E-state index in [1.165, 1.54) is 19.1 Å². The molecule has 0 atom stereocenters. The lowest BCUT2D eigenvalue weighted by atomic mass is 10.1. The Morgan fingerprint density at radius 3 is 2.44 bits per heavy atom. The molecular formula is C14H17FO3. The number of aryl methyl sites for hydroxylation is 1. The van der Waals surface area contributed by atoms with Gasteiger partial charge in [-0.05, 0) is 37.5 Å². The Morgan fingerprint density at radius 2 is 1.83 bits per heavy atom. The van der Waals surface area contributed by atoms with Gasteiger partial charge in [-0.2, -0.15) is 0 Å². The van der Waals surface area contributed by atoms with Crippen molar-refractivity contribution in [3.05, 3.63) is 35.6 Å². The first-order valence-electron chi connectivity index (χ1n) is 5.97. The Balaban J connectivity index is 2.17. The van der Waals surface area contributed by atoms with Crippen LogP contribution in [0.4, 0.5) is 4.39 Å². The maximum absolute atomic E-state index is 12.6. The van der Waals surface area contributed by atoms with Gasteiger partial charge in [-0.25, -0.2) is 4.39 Å². The lowest BCUT2D eigenvalue weighted by Crippen LogP contribution is -2.08. The second-order valence-corrected chi connectivity index (χ2v) is 4.15. The molecule has 0 aromatic heterocycles.